The number of rotatable bonds is 4. The van der Waals surface area contributed by atoms with E-state index in [1.807, 2.05) is 11.0 Å². The Balaban J connectivity index is 1.73. The van der Waals surface area contributed by atoms with Gasteiger partial charge in [0.25, 0.3) is 0 Å². The van der Waals surface area contributed by atoms with Crippen LogP contribution < -0.4 is 5.32 Å². The van der Waals surface area contributed by atoms with Gasteiger partial charge in [0.2, 0.25) is 5.91 Å². The minimum atomic E-state index is -0.511. The summed E-state index contributed by atoms with van der Waals surface area (Å²) in [5, 5.41) is 13.4. The van der Waals surface area contributed by atoms with E-state index in [2.05, 4.69) is 5.32 Å². The van der Waals surface area contributed by atoms with Crippen LogP contribution in [0.2, 0.25) is 4.34 Å². The van der Waals surface area contributed by atoms with Crippen LogP contribution >= 0.6 is 22.9 Å². The predicted octanol–water partition coefficient (Wildman–Crippen LogP) is 2.04. The first-order chi connectivity index (χ1) is 9.06. The smallest absolute Gasteiger partial charge is 0.219 e. The Labute approximate surface area is 122 Å². The highest BCUT2D eigenvalue weighted by Gasteiger charge is 2.21. The Bertz CT molecular complexity index is 430. The maximum absolute atomic E-state index is 11.2. The molecular formula is C13H19ClN2O2S. The molecule has 0 aromatic carbocycles. The minimum absolute atomic E-state index is 0.145. The van der Waals surface area contributed by atoms with Gasteiger partial charge in [-0.25, -0.2) is 0 Å². The maximum Gasteiger partial charge on any atom is 0.219 e. The third-order valence-electron chi connectivity index (χ3n) is 3.46. The fraction of sp³-hybridized carbons (Fsp3) is 0.615. The molecule has 0 spiro atoms. The first kappa shape index (κ1) is 14.8. The Morgan fingerprint density at radius 2 is 2.26 bits per heavy atom. The molecule has 1 amide bonds. The average molecular weight is 303 g/mol. The van der Waals surface area contributed by atoms with Gasteiger partial charge in [0, 0.05) is 37.5 Å². The molecule has 19 heavy (non-hydrogen) atoms. The Morgan fingerprint density at radius 3 is 2.79 bits per heavy atom. The molecule has 0 radical (unpaired) electrons. The number of amides is 1. The lowest BCUT2D eigenvalue weighted by Crippen LogP contribution is -2.45. The van der Waals surface area contributed by atoms with Gasteiger partial charge in [0.1, 0.15) is 6.10 Å². The zero-order chi connectivity index (χ0) is 13.8. The average Bonchev–Trinajstić information content (AvgIpc) is 2.83. The van der Waals surface area contributed by atoms with Gasteiger partial charge in [-0.2, -0.15) is 0 Å². The summed E-state index contributed by atoms with van der Waals surface area (Å²) in [7, 11) is 0. The quantitative estimate of drug-likeness (QED) is 0.895. The van der Waals surface area contributed by atoms with E-state index in [0.29, 0.717) is 16.9 Å². The molecule has 1 fully saturated rings. The second-order valence-corrected chi connectivity index (χ2v) is 6.59. The minimum Gasteiger partial charge on any atom is -0.386 e. The van der Waals surface area contributed by atoms with E-state index < -0.39 is 6.10 Å². The second kappa shape index (κ2) is 6.70. The van der Waals surface area contributed by atoms with E-state index in [1.54, 1.807) is 13.0 Å². The van der Waals surface area contributed by atoms with Gasteiger partial charge in [-0.05, 0) is 25.0 Å². The monoisotopic (exact) mass is 302 g/mol. The summed E-state index contributed by atoms with van der Waals surface area (Å²) >= 11 is 7.26. The van der Waals surface area contributed by atoms with Crippen molar-refractivity contribution in [3.8, 4) is 0 Å². The zero-order valence-electron chi connectivity index (χ0n) is 10.9. The summed E-state index contributed by atoms with van der Waals surface area (Å²) in [5.41, 5.74) is 0. The molecular weight excluding hydrogens is 284 g/mol. The molecule has 1 atom stereocenters. The first-order valence-electron chi connectivity index (χ1n) is 6.48. The number of hydrogen-bond acceptors (Lipinski definition) is 4. The van der Waals surface area contributed by atoms with Gasteiger partial charge in [0.15, 0.2) is 0 Å². The largest absolute Gasteiger partial charge is 0.386 e. The van der Waals surface area contributed by atoms with Crippen molar-refractivity contribution in [3.63, 3.8) is 0 Å². The van der Waals surface area contributed by atoms with Gasteiger partial charge in [-0.1, -0.05) is 11.6 Å². The first-order valence-corrected chi connectivity index (χ1v) is 7.68. The summed E-state index contributed by atoms with van der Waals surface area (Å²) in [6, 6.07) is 4.04. The van der Waals surface area contributed by atoms with Crippen molar-refractivity contribution in [1.82, 2.24) is 10.2 Å². The van der Waals surface area contributed by atoms with E-state index >= 15 is 0 Å². The van der Waals surface area contributed by atoms with Gasteiger partial charge in [-0.3, -0.25) is 4.79 Å². The lowest BCUT2D eigenvalue weighted by atomic mass is 10.0. The molecule has 1 aliphatic heterocycles. The molecule has 0 aliphatic carbocycles. The Hall–Kier alpha value is -0.620. The molecule has 6 heteroatoms. The number of carbonyl (C=O) groups excluding carboxylic acids is 1. The van der Waals surface area contributed by atoms with Gasteiger partial charge in [-0.15, -0.1) is 11.3 Å². The summed E-state index contributed by atoms with van der Waals surface area (Å²) in [5.74, 6) is 0.145. The van der Waals surface area contributed by atoms with Crippen LogP contribution in [0.4, 0.5) is 0 Å². The number of thiophene rings is 1. The number of likely N-dealkylation sites (tertiary alicyclic amines) is 1. The predicted molar refractivity (Wildman–Crippen MR) is 77.6 cm³/mol. The second-order valence-electron chi connectivity index (χ2n) is 4.85. The third kappa shape index (κ3) is 4.18. The Kier molecular flexibility index (Phi) is 5.21. The highest BCUT2D eigenvalue weighted by Crippen LogP contribution is 2.26. The molecule has 1 aliphatic rings. The van der Waals surface area contributed by atoms with Crippen LogP contribution in [0.25, 0.3) is 0 Å². The number of hydrogen-bond donors (Lipinski definition) is 2. The molecule has 1 aromatic heterocycles. The molecule has 1 aromatic rings. The Morgan fingerprint density at radius 1 is 1.58 bits per heavy atom. The molecule has 1 unspecified atom stereocenters. The van der Waals surface area contributed by atoms with Crippen molar-refractivity contribution in [2.45, 2.75) is 31.9 Å². The van der Waals surface area contributed by atoms with E-state index in [9.17, 15) is 9.90 Å². The van der Waals surface area contributed by atoms with Crippen molar-refractivity contribution in [2.75, 3.05) is 19.6 Å². The summed E-state index contributed by atoms with van der Waals surface area (Å²) in [6.07, 6.45) is 1.37. The highest BCUT2D eigenvalue weighted by atomic mass is 35.5. The lowest BCUT2D eigenvalue weighted by molar-refractivity contribution is -0.129. The molecule has 106 valence electrons. The lowest BCUT2D eigenvalue weighted by Gasteiger charge is -2.32. The summed E-state index contributed by atoms with van der Waals surface area (Å²) in [4.78, 5) is 14.0. The molecule has 2 N–H and O–H groups in total. The zero-order valence-corrected chi connectivity index (χ0v) is 12.5. The van der Waals surface area contributed by atoms with E-state index in [4.69, 9.17) is 11.6 Å². The van der Waals surface area contributed by atoms with Crippen LogP contribution in [0.5, 0.6) is 0 Å². The number of aliphatic hydroxyl groups excluding tert-OH is 1. The highest BCUT2D eigenvalue weighted by molar-refractivity contribution is 7.16. The normalized spacial score (nSPS) is 18.6. The molecule has 0 bridgehead atoms. The third-order valence-corrected chi connectivity index (χ3v) is 4.79. The van der Waals surface area contributed by atoms with Crippen molar-refractivity contribution in [3.05, 3.63) is 21.3 Å². The van der Waals surface area contributed by atoms with E-state index in [-0.39, 0.29) is 5.91 Å². The van der Waals surface area contributed by atoms with Crippen molar-refractivity contribution < 1.29 is 9.90 Å². The number of nitrogens with one attached hydrogen (secondary N) is 1. The van der Waals surface area contributed by atoms with E-state index in [1.165, 1.54) is 11.3 Å². The topological polar surface area (TPSA) is 52.6 Å². The van der Waals surface area contributed by atoms with E-state index in [0.717, 1.165) is 30.8 Å². The summed E-state index contributed by atoms with van der Waals surface area (Å²) < 4.78 is 0.698. The molecule has 0 saturated carbocycles. The number of halogens is 1. The standard InChI is InChI=1S/C13H19ClN2O2S/c1-9(17)16-6-4-10(5-7-16)15-8-11(18)12-2-3-13(14)19-12/h2-3,10-11,15,18H,4-8H2,1H3. The number of nitrogens with zero attached hydrogens (tertiary/aromatic N) is 1. The molecule has 1 saturated heterocycles. The molecule has 2 rings (SSSR count). The van der Waals surface area contributed by atoms with Gasteiger partial charge in [0.05, 0.1) is 4.34 Å². The van der Waals surface area contributed by atoms with Crippen LogP contribution in [-0.2, 0) is 4.79 Å². The molecule has 4 nitrogen and oxygen atoms in total. The van der Waals surface area contributed by atoms with Gasteiger partial charge >= 0.3 is 0 Å². The van der Waals surface area contributed by atoms with Crippen LogP contribution in [0, 0.1) is 0 Å². The van der Waals surface area contributed by atoms with Crippen LogP contribution in [0.15, 0.2) is 12.1 Å². The van der Waals surface area contributed by atoms with Crippen molar-refractivity contribution >= 4 is 28.8 Å². The van der Waals surface area contributed by atoms with Crippen LogP contribution in [-0.4, -0.2) is 41.6 Å². The number of piperidine rings is 1. The van der Waals surface area contributed by atoms with Gasteiger partial charge < -0.3 is 15.3 Å². The van der Waals surface area contributed by atoms with Crippen molar-refractivity contribution in [1.29, 1.82) is 0 Å². The fourth-order valence-corrected chi connectivity index (χ4v) is 3.33. The van der Waals surface area contributed by atoms with Crippen LogP contribution in [0.1, 0.15) is 30.7 Å². The fourth-order valence-electron chi connectivity index (χ4n) is 2.28. The van der Waals surface area contributed by atoms with Crippen LogP contribution in [0.3, 0.4) is 0 Å². The SMILES string of the molecule is CC(=O)N1CCC(NCC(O)c2ccc(Cl)s2)CC1. The maximum atomic E-state index is 11.2. The molecule has 2 heterocycles. The number of aliphatic hydroxyl groups is 1. The van der Waals surface area contributed by atoms with Crippen molar-refractivity contribution in [2.24, 2.45) is 0 Å². The summed E-state index contributed by atoms with van der Waals surface area (Å²) in [6.45, 7) is 3.74. The number of carbonyl (C=O) groups is 1.